The van der Waals surface area contributed by atoms with Crippen molar-refractivity contribution in [2.45, 2.75) is 13.0 Å². The molecule has 0 aliphatic rings. The third-order valence-corrected chi connectivity index (χ3v) is 3.66. The summed E-state index contributed by atoms with van der Waals surface area (Å²) in [6.07, 6.45) is -0.675. The van der Waals surface area contributed by atoms with Gasteiger partial charge in [0.15, 0.2) is 0 Å². The van der Waals surface area contributed by atoms with Crippen molar-refractivity contribution in [2.75, 3.05) is 0 Å². The van der Waals surface area contributed by atoms with Gasteiger partial charge in [0.1, 0.15) is 11.3 Å². The molecule has 0 aliphatic carbocycles. The van der Waals surface area contributed by atoms with E-state index in [0.29, 0.717) is 10.7 Å². The van der Waals surface area contributed by atoms with Crippen LogP contribution >= 0.6 is 22.9 Å². The second-order valence-electron chi connectivity index (χ2n) is 3.33. The summed E-state index contributed by atoms with van der Waals surface area (Å²) in [7, 11) is 1.76. The zero-order valence-electron chi connectivity index (χ0n) is 8.44. The first-order chi connectivity index (χ1) is 7.11. The largest absolute Gasteiger partial charge is 0.383 e. The van der Waals surface area contributed by atoms with Gasteiger partial charge in [-0.2, -0.15) is 5.10 Å². The Morgan fingerprint density at radius 2 is 2.33 bits per heavy atom. The third kappa shape index (κ3) is 1.80. The van der Waals surface area contributed by atoms with Crippen LogP contribution in [0.3, 0.4) is 0 Å². The Morgan fingerprint density at radius 1 is 1.60 bits per heavy atom. The van der Waals surface area contributed by atoms with Gasteiger partial charge in [-0.1, -0.05) is 17.7 Å². The van der Waals surface area contributed by atoms with Crippen LogP contribution < -0.4 is 0 Å². The van der Waals surface area contributed by atoms with Gasteiger partial charge in [-0.05, 0) is 18.4 Å². The van der Waals surface area contributed by atoms with E-state index in [1.165, 1.54) is 11.3 Å². The highest BCUT2D eigenvalue weighted by molar-refractivity contribution is 7.10. The number of hydrogen-bond acceptors (Lipinski definition) is 3. The van der Waals surface area contributed by atoms with E-state index >= 15 is 0 Å². The van der Waals surface area contributed by atoms with Crippen molar-refractivity contribution in [2.24, 2.45) is 7.05 Å². The average Bonchev–Trinajstić information content (AvgIpc) is 2.76. The molecule has 3 nitrogen and oxygen atoms in total. The lowest BCUT2D eigenvalue weighted by Crippen LogP contribution is -1.98. The first kappa shape index (κ1) is 10.7. The third-order valence-electron chi connectivity index (χ3n) is 2.28. The number of rotatable bonds is 2. The lowest BCUT2D eigenvalue weighted by molar-refractivity contribution is 0.223. The number of hydrogen-bond donors (Lipinski definition) is 1. The van der Waals surface area contributed by atoms with E-state index in [0.717, 1.165) is 10.6 Å². The molecule has 0 unspecified atom stereocenters. The van der Waals surface area contributed by atoms with Gasteiger partial charge in [0.2, 0.25) is 0 Å². The summed E-state index contributed by atoms with van der Waals surface area (Å²) in [5.74, 6) is 0. The Labute approximate surface area is 96.9 Å². The second-order valence-corrected chi connectivity index (χ2v) is 4.67. The summed E-state index contributed by atoms with van der Waals surface area (Å²) in [5.41, 5.74) is 1.46. The van der Waals surface area contributed by atoms with Crippen LogP contribution in [0.4, 0.5) is 0 Å². The molecule has 0 amide bonds. The van der Waals surface area contributed by atoms with Crippen molar-refractivity contribution < 1.29 is 5.11 Å². The van der Waals surface area contributed by atoms with Crippen LogP contribution in [0.2, 0.25) is 5.15 Å². The van der Waals surface area contributed by atoms with Crippen LogP contribution in [-0.4, -0.2) is 14.9 Å². The van der Waals surface area contributed by atoms with Crippen molar-refractivity contribution in [1.82, 2.24) is 9.78 Å². The maximum Gasteiger partial charge on any atom is 0.133 e. The Morgan fingerprint density at radius 3 is 2.80 bits per heavy atom. The highest BCUT2D eigenvalue weighted by Crippen LogP contribution is 2.32. The maximum absolute atomic E-state index is 10.1. The molecule has 80 valence electrons. The van der Waals surface area contributed by atoms with Gasteiger partial charge >= 0.3 is 0 Å². The molecule has 0 spiro atoms. The zero-order chi connectivity index (χ0) is 11.0. The first-order valence-electron chi connectivity index (χ1n) is 4.51. The van der Waals surface area contributed by atoms with Crippen LogP contribution in [-0.2, 0) is 7.05 Å². The topological polar surface area (TPSA) is 38.0 Å². The molecule has 0 saturated heterocycles. The van der Waals surface area contributed by atoms with Gasteiger partial charge < -0.3 is 5.11 Å². The molecule has 1 N–H and O–H groups in total. The molecular formula is C10H11ClN2OS. The Kier molecular flexibility index (Phi) is 2.82. The van der Waals surface area contributed by atoms with E-state index in [1.807, 2.05) is 24.4 Å². The summed E-state index contributed by atoms with van der Waals surface area (Å²) < 4.78 is 1.57. The standard InChI is InChI=1S/C10H11ClN2OS/c1-6-8(10(11)13(2)12-6)9(14)7-4-3-5-15-7/h3-5,9,14H,1-2H3/t9-/m0/s1. The van der Waals surface area contributed by atoms with Crippen LogP contribution in [0.1, 0.15) is 22.2 Å². The van der Waals surface area contributed by atoms with Gasteiger partial charge in [0, 0.05) is 17.5 Å². The molecule has 1 atom stereocenters. The predicted molar refractivity (Wildman–Crippen MR) is 61.3 cm³/mol. The number of aliphatic hydroxyl groups is 1. The number of aromatic nitrogens is 2. The summed E-state index contributed by atoms with van der Waals surface area (Å²) >= 11 is 7.58. The molecule has 0 fully saturated rings. The molecular weight excluding hydrogens is 232 g/mol. The fourth-order valence-electron chi connectivity index (χ4n) is 1.55. The molecule has 0 radical (unpaired) electrons. The van der Waals surface area contributed by atoms with E-state index in [-0.39, 0.29) is 0 Å². The highest BCUT2D eigenvalue weighted by atomic mass is 35.5. The molecule has 5 heteroatoms. The predicted octanol–water partition coefficient (Wildman–Crippen LogP) is 2.53. The van der Waals surface area contributed by atoms with Crippen molar-refractivity contribution in [1.29, 1.82) is 0 Å². The molecule has 2 aromatic heterocycles. The van der Waals surface area contributed by atoms with Crippen molar-refractivity contribution in [3.05, 3.63) is 38.8 Å². The fourth-order valence-corrected chi connectivity index (χ4v) is 2.54. The Hall–Kier alpha value is -0.840. The first-order valence-corrected chi connectivity index (χ1v) is 5.77. The number of aryl methyl sites for hydroxylation is 2. The second kappa shape index (κ2) is 3.96. The van der Waals surface area contributed by atoms with Gasteiger partial charge in [-0.15, -0.1) is 11.3 Å². The lowest BCUT2D eigenvalue weighted by Gasteiger charge is -2.07. The van der Waals surface area contributed by atoms with E-state index < -0.39 is 6.10 Å². The molecule has 2 aromatic rings. The number of nitrogens with zero attached hydrogens (tertiary/aromatic N) is 2. The normalized spacial score (nSPS) is 13.1. The highest BCUT2D eigenvalue weighted by Gasteiger charge is 2.21. The zero-order valence-corrected chi connectivity index (χ0v) is 10.0. The maximum atomic E-state index is 10.1. The van der Waals surface area contributed by atoms with Crippen LogP contribution in [0.5, 0.6) is 0 Å². The van der Waals surface area contributed by atoms with Crippen molar-refractivity contribution in [3.8, 4) is 0 Å². The summed E-state index contributed by atoms with van der Waals surface area (Å²) in [5, 5.41) is 16.7. The quantitative estimate of drug-likeness (QED) is 0.879. The number of aliphatic hydroxyl groups excluding tert-OH is 1. The van der Waals surface area contributed by atoms with E-state index in [4.69, 9.17) is 11.6 Å². The smallest absolute Gasteiger partial charge is 0.133 e. The van der Waals surface area contributed by atoms with Gasteiger partial charge in [-0.3, -0.25) is 4.68 Å². The van der Waals surface area contributed by atoms with Gasteiger partial charge in [0.25, 0.3) is 0 Å². The summed E-state index contributed by atoms with van der Waals surface area (Å²) in [6.45, 7) is 1.85. The molecule has 0 bridgehead atoms. The number of thiophene rings is 1. The van der Waals surface area contributed by atoms with E-state index in [9.17, 15) is 5.11 Å². The van der Waals surface area contributed by atoms with Crippen molar-refractivity contribution in [3.63, 3.8) is 0 Å². The van der Waals surface area contributed by atoms with Gasteiger partial charge in [0.05, 0.1) is 5.69 Å². The van der Waals surface area contributed by atoms with Crippen molar-refractivity contribution >= 4 is 22.9 Å². The molecule has 15 heavy (non-hydrogen) atoms. The Bertz CT molecular complexity index is 464. The molecule has 0 saturated carbocycles. The molecule has 2 rings (SSSR count). The van der Waals surface area contributed by atoms with Gasteiger partial charge in [-0.25, -0.2) is 0 Å². The lowest BCUT2D eigenvalue weighted by atomic mass is 10.1. The monoisotopic (exact) mass is 242 g/mol. The fraction of sp³-hybridized carbons (Fsp3) is 0.300. The minimum Gasteiger partial charge on any atom is -0.383 e. The van der Waals surface area contributed by atoms with Crippen LogP contribution in [0, 0.1) is 6.92 Å². The summed E-state index contributed by atoms with van der Waals surface area (Å²) in [4.78, 5) is 0.882. The Balaban J connectivity index is 2.46. The summed E-state index contributed by atoms with van der Waals surface area (Å²) in [6, 6.07) is 3.79. The SMILES string of the molecule is Cc1nn(C)c(Cl)c1[C@@H](O)c1cccs1. The number of halogens is 1. The molecule has 0 aliphatic heterocycles. The minimum atomic E-state index is -0.675. The molecule has 0 aromatic carbocycles. The van der Waals surface area contributed by atoms with Crippen LogP contribution in [0.15, 0.2) is 17.5 Å². The van der Waals surface area contributed by atoms with Crippen LogP contribution in [0.25, 0.3) is 0 Å². The van der Waals surface area contributed by atoms with E-state index in [1.54, 1.807) is 11.7 Å². The van der Waals surface area contributed by atoms with E-state index in [2.05, 4.69) is 5.10 Å². The minimum absolute atomic E-state index is 0.494. The molecule has 2 heterocycles. The average molecular weight is 243 g/mol.